The van der Waals surface area contributed by atoms with Crippen molar-refractivity contribution in [2.45, 2.75) is 19.0 Å². The summed E-state index contributed by atoms with van der Waals surface area (Å²) in [5.41, 5.74) is 3.21. The molecule has 114 valence electrons. The molecular formula is C18H19NO3. The number of hydrogen-bond acceptors (Lipinski definition) is 4. The van der Waals surface area contributed by atoms with Gasteiger partial charge in [0.25, 0.3) is 0 Å². The van der Waals surface area contributed by atoms with Gasteiger partial charge < -0.3 is 20.3 Å². The zero-order valence-electron chi connectivity index (χ0n) is 12.2. The number of hydrogen-bond donors (Lipinski definition) is 3. The van der Waals surface area contributed by atoms with Crippen molar-refractivity contribution in [2.75, 3.05) is 6.61 Å². The predicted molar refractivity (Wildman–Crippen MR) is 86.1 cm³/mol. The van der Waals surface area contributed by atoms with E-state index in [1.807, 2.05) is 24.3 Å². The molecule has 1 aliphatic rings. The number of nitrogens with one attached hydrogen (secondary N) is 1. The van der Waals surface area contributed by atoms with E-state index < -0.39 is 0 Å². The molecule has 1 aliphatic heterocycles. The number of fused-ring (bicyclic) bond motifs is 1. The lowest BCUT2D eigenvalue weighted by molar-refractivity contribution is 0.236. The normalized spacial score (nSPS) is 16.6. The third-order valence-electron chi connectivity index (χ3n) is 3.92. The molecule has 3 N–H and O–H groups in total. The van der Waals surface area contributed by atoms with Crippen molar-refractivity contribution >= 4 is 6.08 Å². The van der Waals surface area contributed by atoms with E-state index in [2.05, 4.69) is 18.0 Å². The maximum Gasteiger partial charge on any atom is 0.161 e. The van der Waals surface area contributed by atoms with Crippen LogP contribution in [-0.4, -0.2) is 22.9 Å². The van der Waals surface area contributed by atoms with Crippen LogP contribution >= 0.6 is 0 Å². The summed E-state index contributed by atoms with van der Waals surface area (Å²) < 4.78 is 5.66. The Balaban J connectivity index is 1.68. The highest BCUT2D eigenvalue weighted by Crippen LogP contribution is 2.35. The molecule has 0 unspecified atom stereocenters. The molecule has 4 nitrogen and oxygen atoms in total. The first-order valence-corrected chi connectivity index (χ1v) is 7.28. The van der Waals surface area contributed by atoms with Crippen LogP contribution in [0.25, 0.3) is 6.08 Å². The lowest BCUT2D eigenvalue weighted by Crippen LogP contribution is -2.38. The monoisotopic (exact) mass is 297 g/mol. The average Bonchev–Trinajstić information content (AvgIpc) is 2.54. The number of benzene rings is 2. The quantitative estimate of drug-likeness (QED) is 0.759. The molecule has 0 spiro atoms. The molecule has 1 heterocycles. The summed E-state index contributed by atoms with van der Waals surface area (Å²) in [5, 5.41) is 22.6. The zero-order valence-corrected chi connectivity index (χ0v) is 12.2. The van der Waals surface area contributed by atoms with E-state index >= 15 is 0 Å². The summed E-state index contributed by atoms with van der Waals surface area (Å²) in [6, 6.07) is 11.3. The van der Waals surface area contributed by atoms with Crippen LogP contribution in [0.1, 0.15) is 16.7 Å². The van der Waals surface area contributed by atoms with E-state index in [4.69, 9.17) is 4.74 Å². The summed E-state index contributed by atoms with van der Waals surface area (Å²) >= 11 is 0. The van der Waals surface area contributed by atoms with E-state index in [0.717, 1.165) is 24.1 Å². The van der Waals surface area contributed by atoms with Gasteiger partial charge >= 0.3 is 0 Å². The Labute approximate surface area is 129 Å². The molecule has 2 aromatic rings. The van der Waals surface area contributed by atoms with Crippen LogP contribution in [0.15, 0.2) is 43.0 Å². The largest absolute Gasteiger partial charge is 0.504 e. The lowest BCUT2D eigenvalue weighted by atomic mass is 10.0. The Morgan fingerprint density at radius 3 is 2.82 bits per heavy atom. The van der Waals surface area contributed by atoms with Gasteiger partial charge in [0.05, 0.1) is 0 Å². The summed E-state index contributed by atoms with van der Waals surface area (Å²) in [6.45, 7) is 5.10. The van der Waals surface area contributed by atoms with Gasteiger partial charge in [0, 0.05) is 18.7 Å². The fraction of sp³-hybridized carbons (Fsp3) is 0.222. The van der Waals surface area contributed by atoms with Crippen LogP contribution in [0, 0.1) is 0 Å². The van der Waals surface area contributed by atoms with Crippen molar-refractivity contribution in [2.24, 2.45) is 0 Å². The first-order valence-electron chi connectivity index (χ1n) is 7.28. The molecule has 0 aromatic heterocycles. The number of phenols is 2. The first-order chi connectivity index (χ1) is 10.7. The van der Waals surface area contributed by atoms with Crippen molar-refractivity contribution in [3.05, 3.63) is 59.7 Å². The molecule has 0 aliphatic carbocycles. The van der Waals surface area contributed by atoms with Crippen molar-refractivity contribution in [3.8, 4) is 17.2 Å². The maximum absolute atomic E-state index is 9.60. The van der Waals surface area contributed by atoms with Crippen LogP contribution in [0.2, 0.25) is 0 Å². The maximum atomic E-state index is 9.60. The van der Waals surface area contributed by atoms with Crippen molar-refractivity contribution in [3.63, 3.8) is 0 Å². The highest BCUT2D eigenvalue weighted by molar-refractivity contribution is 5.52. The fourth-order valence-corrected chi connectivity index (χ4v) is 2.69. The molecule has 2 aromatic carbocycles. The standard InChI is InChI=1S/C18H19NO3/c1-2-12-5-3-4-6-13(12)10-19-15-7-14-8-16(20)17(21)9-18(14)22-11-15/h2-6,8-9,15,19-21H,1,7,10-11H2/t15-/m0/s1. The zero-order chi connectivity index (χ0) is 15.5. The topological polar surface area (TPSA) is 61.7 Å². The molecule has 1 atom stereocenters. The smallest absolute Gasteiger partial charge is 0.161 e. The van der Waals surface area contributed by atoms with Gasteiger partial charge in [0.1, 0.15) is 12.4 Å². The van der Waals surface area contributed by atoms with Crippen LogP contribution in [0.5, 0.6) is 17.2 Å². The second-order valence-corrected chi connectivity index (χ2v) is 5.44. The van der Waals surface area contributed by atoms with E-state index in [9.17, 15) is 10.2 Å². The highest BCUT2D eigenvalue weighted by atomic mass is 16.5. The molecule has 3 rings (SSSR count). The van der Waals surface area contributed by atoms with Crippen LogP contribution in [-0.2, 0) is 13.0 Å². The predicted octanol–water partition coefficient (Wildman–Crippen LogP) is 2.83. The minimum atomic E-state index is -0.148. The average molecular weight is 297 g/mol. The number of phenolic OH excluding ortho intramolecular Hbond substituents is 2. The Hall–Kier alpha value is -2.46. The third kappa shape index (κ3) is 2.92. The van der Waals surface area contributed by atoms with E-state index in [-0.39, 0.29) is 17.5 Å². The van der Waals surface area contributed by atoms with E-state index in [0.29, 0.717) is 12.4 Å². The van der Waals surface area contributed by atoms with Crippen molar-refractivity contribution in [1.82, 2.24) is 5.32 Å². The highest BCUT2D eigenvalue weighted by Gasteiger charge is 2.21. The molecule has 0 radical (unpaired) electrons. The third-order valence-corrected chi connectivity index (χ3v) is 3.92. The molecular weight excluding hydrogens is 278 g/mol. The van der Waals surface area contributed by atoms with Gasteiger partial charge in [0.2, 0.25) is 0 Å². The minimum absolute atomic E-state index is 0.111. The van der Waals surface area contributed by atoms with Gasteiger partial charge in [-0.2, -0.15) is 0 Å². The Bertz CT molecular complexity index is 697. The molecule has 0 saturated heterocycles. The summed E-state index contributed by atoms with van der Waals surface area (Å²) in [6.07, 6.45) is 2.60. The summed E-state index contributed by atoms with van der Waals surface area (Å²) in [7, 11) is 0. The van der Waals surface area contributed by atoms with E-state index in [1.165, 1.54) is 11.6 Å². The molecule has 4 heteroatoms. The van der Waals surface area contributed by atoms with Gasteiger partial charge in [-0.3, -0.25) is 0 Å². The molecule has 0 fully saturated rings. The summed E-state index contributed by atoms with van der Waals surface area (Å²) in [4.78, 5) is 0. The molecule has 0 bridgehead atoms. The molecule has 22 heavy (non-hydrogen) atoms. The molecule has 0 amide bonds. The summed E-state index contributed by atoms with van der Waals surface area (Å²) in [5.74, 6) is 0.380. The van der Waals surface area contributed by atoms with Crippen LogP contribution in [0.4, 0.5) is 0 Å². The number of ether oxygens (including phenoxy) is 1. The Kier molecular flexibility index (Phi) is 4.02. The fourth-order valence-electron chi connectivity index (χ4n) is 2.69. The van der Waals surface area contributed by atoms with Gasteiger partial charge in [0.15, 0.2) is 11.5 Å². The number of aromatic hydroxyl groups is 2. The number of rotatable bonds is 4. The van der Waals surface area contributed by atoms with Crippen LogP contribution in [0.3, 0.4) is 0 Å². The van der Waals surface area contributed by atoms with E-state index in [1.54, 1.807) is 6.07 Å². The van der Waals surface area contributed by atoms with Crippen molar-refractivity contribution < 1.29 is 14.9 Å². The van der Waals surface area contributed by atoms with Gasteiger partial charge in [-0.05, 0) is 29.2 Å². The minimum Gasteiger partial charge on any atom is -0.504 e. The second-order valence-electron chi connectivity index (χ2n) is 5.44. The van der Waals surface area contributed by atoms with Crippen molar-refractivity contribution in [1.29, 1.82) is 0 Å². The Morgan fingerprint density at radius 2 is 2.00 bits per heavy atom. The van der Waals surface area contributed by atoms with Gasteiger partial charge in [-0.1, -0.05) is 36.9 Å². The van der Waals surface area contributed by atoms with Gasteiger partial charge in [-0.25, -0.2) is 0 Å². The Morgan fingerprint density at radius 1 is 1.23 bits per heavy atom. The molecule has 0 saturated carbocycles. The van der Waals surface area contributed by atoms with Crippen LogP contribution < -0.4 is 10.1 Å². The SMILES string of the molecule is C=Cc1ccccc1CN[C@@H]1COc2cc(O)c(O)cc2C1. The van der Waals surface area contributed by atoms with Gasteiger partial charge in [-0.15, -0.1) is 0 Å². The lowest BCUT2D eigenvalue weighted by Gasteiger charge is -2.26. The second kappa shape index (κ2) is 6.12. The first kappa shape index (κ1) is 14.5.